The summed E-state index contributed by atoms with van der Waals surface area (Å²) in [7, 11) is 0. The van der Waals surface area contributed by atoms with E-state index in [-0.39, 0.29) is 23.8 Å². The molecule has 0 bridgehead atoms. The van der Waals surface area contributed by atoms with Gasteiger partial charge in [0.05, 0.1) is 17.5 Å². The van der Waals surface area contributed by atoms with Gasteiger partial charge in [-0.15, -0.1) is 0 Å². The number of fused-ring (bicyclic) bond motifs is 7. The van der Waals surface area contributed by atoms with E-state index in [9.17, 15) is 14.4 Å². The molecule has 0 aliphatic carbocycles. The Kier molecular flexibility index (Phi) is 4.01. The highest BCUT2D eigenvalue weighted by Gasteiger charge is 2.74. The monoisotopic (exact) mass is 429 g/mol. The SMILES string of the molecule is CCc1ccc(N2C(=O)C3C4CCCN4C4(C(=O)Nc5c(C)cc(C)cc54)C3C2=O)cc1. The second-order valence-corrected chi connectivity index (χ2v) is 9.66. The lowest BCUT2D eigenvalue weighted by atomic mass is 9.75. The number of amides is 3. The van der Waals surface area contributed by atoms with Crippen molar-refractivity contribution >= 4 is 29.1 Å². The third kappa shape index (κ3) is 2.21. The van der Waals surface area contributed by atoms with Crippen molar-refractivity contribution in [3.05, 3.63) is 58.7 Å². The van der Waals surface area contributed by atoms with Gasteiger partial charge in [0.15, 0.2) is 0 Å². The number of benzene rings is 2. The van der Waals surface area contributed by atoms with Crippen molar-refractivity contribution in [2.24, 2.45) is 11.8 Å². The van der Waals surface area contributed by atoms with E-state index in [1.54, 1.807) is 0 Å². The van der Waals surface area contributed by atoms with Gasteiger partial charge in [-0.05, 0) is 62.9 Å². The summed E-state index contributed by atoms with van der Waals surface area (Å²) in [5.74, 6) is -1.77. The normalized spacial score (nSPS) is 30.8. The predicted molar refractivity (Wildman–Crippen MR) is 121 cm³/mol. The maximum absolute atomic E-state index is 14.0. The summed E-state index contributed by atoms with van der Waals surface area (Å²) in [6, 6.07) is 11.6. The Labute approximate surface area is 187 Å². The fraction of sp³-hybridized carbons (Fsp3) is 0.423. The van der Waals surface area contributed by atoms with Crippen LogP contribution in [0.2, 0.25) is 0 Å². The average molecular weight is 430 g/mol. The molecule has 4 aliphatic rings. The maximum Gasteiger partial charge on any atom is 0.250 e. The predicted octanol–water partition coefficient (Wildman–Crippen LogP) is 3.30. The molecule has 2 aromatic carbocycles. The summed E-state index contributed by atoms with van der Waals surface area (Å²) < 4.78 is 0. The lowest BCUT2D eigenvalue weighted by Crippen LogP contribution is -2.54. The van der Waals surface area contributed by atoms with Crippen LogP contribution < -0.4 is 10.2 Å². The number of anilines is 2. The maximum atomic E-state index is 14.0. The minimum atomic E-state index is -1.11. The van der Waals surface area contributed by atoms with Crippen molar-refractivity contribution in [3.8, 4) is 0 Å². The fourth-order valence-electron chi connectivity index (χ4n) is 6.79. The first-order valence-corrected chi connectivity index (χ1v) is 11.6. The Morgan fingerprint density at radius 1 is 1.06 bits per heavy atom. The molecule has 4 aliphatic heterocycles. The lowest BCUT2D eigenvalue weighted by molar-refractivity contribution is -0.135. The molecule has 4 atom stereocenters. The summed E-state index contributed by atoms with van der Waals surface area (Å²) in [6.07, 6.45) is 2.65. The fourth-order valence-corrected chi connectivity index (χ4v) is 6.79. The molecule has 0 saturated carbocycles. The van der Waals surface area contributed by atoms with Crippen molar-refractivity contribution in [2.45, 2.75) is 51.6 Å². The van der Waals surface area contributed by atoms with Gasteiger partial charge in [0.25, 0.3) is 0 Å². The molecular weight excluding hydrogens is 402 g/mol. The van der Waals surface area contributed by atoms with Crippen LogP contribution in [0, 0.1) is 25.7 Å². The summed E-state index contributed by atoms with van der Waals surface area (Å²) in [5.41, 5.74) is 4.37. The molecule has 1 spiro atoms. The van der Waals surface area contributed by atoms with Crippen LogP contribution in [-0.2, 0) is 26.3 Å². The zero-order chi connectivity index (χ0) is 22.4. The first kappa shape index (κ1) is 19.7. The smallest absolute Gasteiger partial charge is 0.250 e. The summed E-state index contributed by atoms with van der Waals surface area (Å²) >= 11 is 0. The Morgan fingerprint density at radius 2 is 1.81 bits per heavy atom. The highest BCUT2D eigenvalue weighted by molar-refractivity contribution is 6.26. The Morgan fingerprint density at radius 3 is 2.53 bits per heavy atom. The van der Waals surface area contributed by atoms with Crippen molar-refractivity contribution in [1.29, 1.82) is 0 Å². The zero-order valence-corrected chi connectivity index (χ0v) is 18.6. The number of carbonyl (C=O) groups is 3. The molecule has 1 N–H and O–H groups in total. The van der Waals surface area contributed by atoms with Crippen LogP contribution in [0.15, 0.2) is 36.4 Å². The van der Waals surface area contributed by atoms with Crippen LogP contribution in [0.5, 0.6) is 0 Å². The highest BCUT2D eigenvalue weighted by Crippen LogP contribution is 2.61. The van der Waals surface area contributed by atoms with Crippen LogP contribution >= 0.6 is 0 Å². The second-order valence-electron chi connectivity index (χ2n) is 9.66. The second kappa shape index (κ2) is 6.51. The summed E-state index contributed by atoms with van der Waals surface area (Å²) in [6.45, 7) is 6.80. The van der Waals surface area contributed by atoms with Gasteiger partial charge in [-0.25, -0.2) is 4.90 Å². The van der Waals surface area contributed by atoms with Gasteiger partial charge in [0, 0.05) is 17.3 Å². The molecule has 32 heavy (non-hydrogen) atoms. The molecule has 3 amide bonds. The van der Waals surface area contributed by atoms with Crippen molar-refractivity contribution in [3.63, 3.8) is 0 Å². The van der Waals surface area contributed by atoms with Crippen molar-refractivity contribution in [2.75, 3.05) is 16.8 Å². The van der Waals surface area contributed by atoms with E-state index in [1.165, 1.54) is 4.90 Å². The van der Waals surface area contributed by atoms with E-state index >= 15 is 0 Å². The molecule has 0 radical (unpaired) electrons. The summed E-state index contributed by atoms with van der Waals surface area (Å²) in [4.78, 5) is 45.0. The molecule has 3 fully saturated rings. The number of nitrogens with zero attached hydrogens (tertiary/aromatic N) is 2. The van der Waals surface area contributed by atoms with Crippen LogP contribution in [0.4, 0.5) is 11.4 Å². The first-order chi connectivity index (χ1) is 15.4. The Balaban J connectivity index is 1.54. The first-order valence-electron chi connectivity index (χ1n) is 11.6. The quantitative estimate of drug-likeness (QED) is 0.744. The molecular formula is C26H27N3O3. The number of hydrogen-bond acceptors (Lipinski definition) is 4. The molecule has 4 heterocycles. The van der Waals surface area contributed by atoms with E-state index in [1.807, 2.05) is 44.2 Å². The van der Waals surface area contributed by atoms with Crippen LogP contribution in [0.25, 0.3) is 0 Å². The average Bonchev–Trinajstić information content (AvgIpc) is 3.47. The number of hydrogen-bond donors (Lipinski definition) is 1. The van der Waals surface area contributed by atoms with Gasteiger partial charge in [0.1, 0.15) is 5.54 Å². The minimum absolute atomic E-state index is 0.0890. The van der Waals surface area contributed by atoms with E-state index in [0.29, 0.717) is 5.69 Å². The zero-order valence-electron chi connectivity index (χ0n) is 18.6. The number of aryl methyl sites for hydroxylation is 3. The largest absolute Gasteiger partial charge is 0.324 e. The molecule has 4 unspecified atom stereocenters. The standard InChI is InChI=1S/C26H27N3O3/c1-4-16-7-9-17(10-8-16)29-23(30)20-19-6-5-11-28(19)26(21(20)24(29)31)18-13-14(2)12-15(3)22(18)27-25(26)32/h7-10,12-13,19-21H,4-6,11H2,1-3H3,(H,27,32). The van der Waals surface area contributed by atoms with E-state index in [0.717, 1.165) is 53.7 Å². The van der Waals surface area contributed by atoms with E-state index < -0.39 is 17.4 Å². The van der Waals surface area contributed by atoms with Gasteiger partial charge >= 0.3 is 0 Å². The topological polar surface area (TPSA) is 69.7 Å². The number of nitrogens with one attached hydrogen (secondary N) is 1. The summed E-state index contributed by atoms with van der Waals surface area (Å²) in [5, 5.41) is 3.09. The third-order valence-corrected chi connectivity index (χ3v) is 8.05. The molecule has 6 heteroatoms. The number of carbonyl (C=O) groups excluding carboxylic acids is 3. The number of rotatable bonds is 2. The van der Waals surface area contributed by atoms with Gasteiger partial charge in [-0.3, -0.25) is 19.3 Å². The molecule has 3 saturated heterocycles. The minimum Gasteiger partial charge on any atom is -0.324 e. The van der Waals surface area contributed by atoms with Crippen LogP contribution in [-0.4, -0.2) is 35.2 Å². The molecule has 0 aromatic heterocycles. The van der Waals surface area contributed by atoms with Gasteiger partial charge < -0.3 is 5.32 Å². The molecule has 2 aromatic rings. The molecule has 164 valence electrons. The Bertz CT molecular complexity index is 1190. The number of imide groups is 1. The van der Waals surface area contributed by atoms with E-state index in [4.69, 9.17) is 0 Å². The van der Waals surface area contributed by atoms with Crippen molar-refractivity contribution in [1.82, 2.24) is 4.90 Å². The van der Waals surface area contributed by atoms with Crippen LogP contribution in [0.1, 0.15) is 42.0 Å². The third-order valence-electron chi connectivity index (χ3n) is 8.05. The van der Waals surface area contributed by atoms with Crippen LogP contribution in [0.3, 0.4) is 0 Å². The highest BCUT2D eigenvalue weighted by atomic mass is 16.2. The molecule has 6 nitrogen and oxygen atoms in total. The van der Waals surface area contributed by atoms with E-state index in [2.05, 4.69) is 23.2 Å². The Hall–Kier alpha value is -2.99. The van der Waals surface area contributed by atoms with Gasteiger partial charge in [-0.1, -0.05) is 36.8 Å². The van der Waals surface area contributed by atoms with Gasteiger partial charge in [0.2, 0.25) is 17.7 Å². The lowest BCUT2D eigenvalue weighted by Gasteiger charge is -2.36. The van der Waals surface area contributed by atoms with Crippen molar-refractivity contribution < 1.29 is 14.4 Å². The van der Waals surface area contributed by atoms with Gasteiger partial charge in [-0.2, -0.15) is 0 Å². The molecule has 6 rings (SSSR count).